The predicted molar refractivity (Wildman–Crippen MR) is 62.3 cm³/mol. The zero-order chi connectivity index (χ0) is 13.0. The molecule has 0 spiro atoms. The van der Waals surface area contributed by atoms with Crippen LogP contribution in [0.25, 0.3) is 0 Å². The van der Waals surface area contributed by atoms with Crippen LogP contribution in [0.2, 0.25) is 0 Å². The number of rotatable bonds is 4. The quantitative estimate of drug-likeness (QED) is 0.852. The van der Waals surface area contributed by atoms with Gasteiger partial charge in [0, 0.05) is 11.6 Å². The van der Waals surface area contributed by atoms with E-state index in [0.29, 0.717) is 17.1 Å². The van der Waals surface area contributed by atoms with Gasteiger partial charge >= 0.3 is 0 Å². The summed E-state index contributed by atoms with van der Waals surface area (Å²) in [5.74, 6) is 0.483. The van der Waals surface area contributed by atoms with Crippen molar-refractivity contribution in [1.29, 1.82) is 0 Å². The lowest BCUT2D eigenvalue weighted by Crippen LogP contribution is -2.22. The highest BCUT2D eigenvalue weighted by Crippen LogP contribution is 2.26. The van der Waals surface area contributed by atoms with Gasteiger partial charge in [0.1, 0.15) is 0 Å². The van der Waals surface area contributed by atoms with Gasteiger partial charge in [-0.2, -0.15) is 0 Å². The average Bonchev–Trinajstić information content (AvgIpc) is 2.89. The van der Waals surface area contributed by atoms with Crippen molar-refractivity contribution in [2.75, 3.05) is 7.11 Å². The van der Waals surface area contributed by atoms with Crippen LogP contribution in [0.3, 0.4) is 0 Å². The third-order valence-electron chi connectivity index (χ3n) is 2.36. The van der Waals surface area contributed by atoms with E-state index in [0.717, 1.165) is 0 Å². The summed E-state index contributed by atoms with van der Waals surface area (Å²) in [6.07, 6.45) is 1.50. The van der Waals surface area contributed by atoms with E-state index in [1.807, 2.05) is 0 Å². The first-order valence-electron chi connectivity index (χ1n) is 5.25. The van der Waals surface area contributed by atoms with Crippen LogP contribution in [0, 0.1) is 0 Å². The SMILES string of the molecule is COc1ccc(C(=O)NCc2ccno2)cc1O. The summed E-state index contributed by atoms with van der Waals surface area (Å²) < 4.78 is 9.74. The Bertz CT molecular complexity index is 537. The smallest absolute Gasteiger partial charge is 0.251 e. The van der Waals surface area contributed by atoms with E-state index in [9.17, 15) is 9.90 Å². The first-order chi connectivity index (χ1) is 8.70. The van der Waals surface area contributed by atoms with Crippen molar-refractivity contribution in [1.82, 2.24) is 10.5 Å². The van der Waals surface area contributed by atoms with Gasteiger partial charge in [-0.1, -0.05) is 5.16 Å². The second-order valence-corrected chi connectivity index (χ2v) is 3.55. The van der Waals surface area contributed by atoms with Crippen LogP contribution in [0.15, 0.2) is 35.0 Å². The van der Waals surface area contributed by atoms with Gasteiger partial charge in [0.25, 0.3) is 5.91 Å². The molecule has 1 aromatic heterocycles. The number of aromatic hydroxyl groups is 1. The van der Waals surface area contributed by atoms with Crippen molar-refractivity contribution in [2.24, 2.45) is 0 Å². The molecule has 0 fully saturated rings. The number of hydrogen-bond acceptors (Lipinski definition) is 5. The maximum atomic E-state index is 11.8. The van der Waals surface area contributed by atoms with Crippen molar-refractivity contribution < 1.29 is 19.2 Å². The normalized spacial score (nSPS) is 10.1. The van der Waals surface area contributed by atoms with Gasteiger partial charge in [-0.25, -0.2) is 0 Å². The Labute approximate surface area is 103 Å². The Morgan fingerprint density at radius 2 is 2.33 bits per heavy atom. The summed E-state index contributed by atoms with van der Waals surface area (Å²) >= 11 is 0. The fraction of sp³-hybridized carbons (Fsp3) is 0.167. The van der Waals surface area contributed by atoms with Crippen LogP contribution in [0.4, 0.5) is 0 Å². The average molecular weight is 248 g/mol. The summed E-state index contributed by atoms with van der Waals surface area (Å²) in [7, 11) is 1.44. The van der Waals surface area contributed by atoms with Crippen molar-refractivity contribution >= 4 is 5.91 Å². The van der Waals surface area contributed by atoms with E-state index in [4.69, 9.17) is 9.26 Å². The summed E-state index contributed by atoms with van der Waals surface area (Å²) in [5.41, 5.74) is 0.341. The molecule has 6 nitrogen and oxygen atoms in total. The second kappa shape index (κ2) is 5.22. The van der Waals surface area contributed by atoms with E-state index in [1.54, 1.807) is 12.1 Å². The number of benzene rings is 1. The van der Waals surface area contributed by atoms with Gasteiger partial charge in [0.05, 0.1) is 19.9 Å². The minimum atomic E-state index is -0.315. The molecule has 94 valence electrons. The number of methoxy groups -OCH3 is 1. The van der Waals surface area contributed by atoms with E-state index in [-0.39, 0.29) is 18.2 Å². The molecule has 0 bridgehead atoms. The second-order valence-electron chi connectivity index (χ2n) is 3.55. The first-order valence-corrected chi connectivity index (χ1v) is 5.25. The van der Waals surface area contributed by atoms with E-state index < -0.39 is 0 Å². The number of amides is 1. The molecule has 0 aliphatic heterocycles. The summed E-state index contributed by atoms with van der Waals surface area (Å²) in [6.45, 7) is 0.242. The Morgan fingerprint density at radius 3 is 2.94 bits per heavy atom. The molecule has 0 atom stereocenters. The molecule has 0 unspecified atom stereocenters. The molecule has 0 aliphatic carbocycles. The van der Waals surface area contributed by atoms with Crippen LogP contribution >= 0.6 is 0 Å². The molecule has 2 N–H and O–H groups in total. The van der Waals surface area contributed by atoms with E-state index >= 15 is 0 Å². The van der Waals surface area contributed by atoms with Crippen LogP contribution in [0.5, 0.6) is 11.5 Å². The number of carbonyl (C=O) groups excluding carboxylic acids is 1. The largest absolute Gasteiger partial charge is 0.504 e. The van der Waals surface area contributed by atoms with Gasteiger partial charge in [0.2, 0.25) is 0 Å². The molecule has 0 aliphatic rings. The van der Waals surface area contributed by atoms with Gasteiger partial charge in [-0.05, 0) is 18.2 Å². The van der Waals surface area contributed by atoms with Crippen molar-refractivity contribution in [3.63, 3.8) is 0 Å². The van der Waals surface area contributed by atoms with Gasteiger partial charge in [-0.15, -0.1) is 0 Å². The molecular formula is C12H12N2O4. The minimum absolute atomic E-state index is 0.0789. The zero-order valence-corrected chi connectivity index (χ0v) is 9.71. The number of nitrogens with one attached hydrogen (secondary N) is 1. The molecule has 2 rings (SSSR count). The van der Waals surface area contributed by atoms with Crippen molar-refractivity contribution in [3.05, 3.63) is 41.8 Å². The highest BCUT2D eigenvalue weighted by Gasteiger charge is 2.09. The van der Waals surface area contributed by atoms with E-state index in [2.05, 4.69) is 10.5 Å². The number of hydrogen-bond donors (Lipinski definition) is 2. The Hall–Kier alpha value is -2.50. The van der Waals surface area contributed by atoms with Crippen LogP contribution < -0.4 is 10.1 Å². The topological polar surface area (TPSA) is 84.6 Å². The molecule has 0 radical (unpaired) electrons. The van der Waals surface area contributed by atoms with Gasteiger partial charge in [-0.3, -0.25) is 4.79 Å². The van der Waals surface area contributed by atoms with Crippen LogP contribution in [-0.2, 0) is 6.54 Å². The standard InChI is InChI=1S/C12H12N2O4/c1-17-11-3-2-8(6-10(11)15)12(16)13-7-9-4-5-14-18-9/h2-6,15H,7H2,1H3,(H,13,16). The molecule has 0 saturated heterocycles. The molecular weight excluding hydrogens is 236 g/mol. The zero-order valence-electron chi connectivity index (χ0n) is 9.71. The van der Waals surface area contributed by atoms with Gasteiger partial charge < -0.3 is 19.7 Å². The Kier molecular flexibility index (Phi) is 3.47. The number of aromatic nitrogens is 1. The molecule has 2 aromatic rings. The monoisotopic (exact) mass is 248 g/mol. The first kappa shape index (κ1) is 12.0. The Morgan fingerprint density at radius 1 is 1.50 bits per heavy atom. The molecule has 1 amide bonds. The van der Waals surface area contributed by atoms with Gasteiger partial charge in [0.15, 0.2) is 17.3 Å². The lowest BCUT2D eigenvalue weighted by molar-refractivity contribution is 0.0946. The lowest BCUT2D eigenvalue weighted by Gasteiger charge is -2.06. The third kappa shape index (κ3) is 2.60. The molecule has 6 heteroatoms. The molecule has 0 saturated carbocycles. The summed E-state index contributed by atoms with van der Waals surface area (Å²) in [5, 5.41) is 15.7. The van der Waals surface area contributed by atoms with E-state index in [1.165, 1.54) is 25.4 Å². The molecule has 18 heavy (non-hydrogen) atoms. The molecule has 1 aromatic carbocycles. The number of ether oxygens (including phenoxy) is 1. The fourth-order valence-electron chi connectivity index (χ4n) is 1.43. The molecule has 1 heterocycles. The minimum Gasteiger partial charge on any atom is -0.504 e. The van der Waals surface area contributed by atoms with Crippen molar-refractivity contribution in [3.8, 4) is 11.5 Å². The maximum Gasteiger partial charge on any atom is 0.251 e. The number of carbonyl (C=O) groups is 1. The highest BCUT2D eigenvalue weighted by molar-refractivity contribution is 5.94. The number of phenols is 1. The Balaban J connectivity index is 2.02. The van der Waals surface area contributed by atoms with Crippen molar-refractivity contribution in [2.45, 2.75) is 6.54 Å². The fourth-order valence-corrected chi connectivity index (χ4v) is 1.43. The predicted octanol–water partition coefficient (Wildman–Crippen LogP) is 1.32. The third-order valence-corrected chi connectivity index (χ3v) is 2.36. The lowest BCUT2D eigenvalue weighted by atomic mass is 10.2. The van der Waals surface area contributed by atoms with Crippen LogP contribution in [-0.4, -0.2) is 23.3 Å². The summed E-state index contributed by atoms with van der Waals surface area (Å²) in [4.78, 5) is 11.8. The summed E-state index contributed by atoms with van der Waals surface area (Å²) in [6, 6.07) is 6.09. The number of phenolic OH excluding ortho intramolecular Hbond substituents is 1. The maximum absolute atomic E-state index is 11.8. The highest BCUT2D eigenvalue weighted by atomic mass is 16.5. The van der Waals surface area contributed by atoms with Crippen LogP contribution in [0.1, 0.15) is 16.1 Å². The number of nitrogens with zero attached hydrogens (tertiary/aromatic N) is 1.